The Kier molecular flexibility index (Phi) is 30.1. The number of carbonyl (C=O) groups excluding carboxylic acids is 5. The number of esters is 5. The molecule has 0 aromatic carbocycles. The van der Waals surface area contributed by atoms with Gasteiger partial charge in [-0.25, -0.2) is 0 Å². The molecule has 6 saturated heterocycles. The lowest BCUT2D eigenvalue weighted by Gasteiger charge is -2.48. The van der Waals surface area contributed by atoms with Crippen LogP contribution in [0.2, 0.25) is 0 Å². The van der Waals surface area contributed by atoms with E-state index in [0.717, 1.165) is 51.3 Å². The third kappa shape index (κ3) is 21.1. The summed E-state index contributed by atoms with van der Waals surface area (Å²) in [5.41, 5.74) is 2.69. The van der Waals surface area contributed by atoms with Crippen LogP contribution in [0.5, 0.6) is 0 Å². The second-order valence-electron chi connectivity index (χ2n) is 24.4. The summed E-state index contributed by atoms with van der Waals surface area (Å²) in [5.74, 6) is -3.87. The van der Waals surface area contributed by atoms with Crippen molar-refractivity contribution >= 4 is 29.8 Å². The van der Waals surface area contributed by atoms with Gasteiger partial charge in [0.2, 0.25) is 0 Å². The Balaban J connectivity index is 0.987. The molecule has 6 fully saturated rings. The molecule has 0 aliphatic carbocycles. The Morgan fingerprint density at radius 1 is 0.330 bits per heavy atom. The van der Waals surface area contributed by atoms with Crippen molar-refractivity contribution in [1.82, 2.24) is 0 Å². The van der Waals surface area contributed by atoms with E-state index < -0.39 is 227 Å². The van der Waals surface area contributed by atoms with Gasteiger partial charge in [0.05, 0.1) is 37.6 Å². The maximum atomic E-state index is 12.1. The summed E-state index contributed by atoms with van der Waals surface area (Å²) in [7, 11) is 0. The van der Waals surface area contributed by atoms with Gasteiger partial charge in [-0.1, -0.05) is 34.9 Å². The number of aliphatic hydroxyl groups excluding tert-OH is 11. The van der Waals surface area contributed by atoms with E-state index in [2.05, 4.69) is 6.08 Å². The van der Waals surface area contributed by atoms with E-state index in [1.54, 1.807) is 13.0 Å². The minimum absolute atomic E-state index is 0.0787. The fourth-order valence-corrected chi connectivity index (χ4v) is 11.3. The number of rotatable bonds is 27. The van der Waals surface area contributed by atoms with Gasteiger partial charge in [-0.15, -0.1) is 0 Å². The number of allylic oxidation sites excluding steroid dienone is 4. The van der Waals surface area contributed by atoms with Crippen LogP contribution in [0, 0.1) is 0 Å². The summed E-state index contributed by atoms with van der Waals surface area (Å²) in [6, 6.07) is 0. The Hall–Kier alpha value is -4.35. The van der Waals surface area contributed by atoms with Crippen molar-refractivity contribution in [3.8, 4) is 0 Å². The van der Waals surface area contributed by atoms with Crippen LogP contribution in [0.15, 0.2) is 34.9 Å². The van der Waals surface area contributed by atoms with E-state index >= 15 is 0 Å². The lowest BCUT2D eigenvalue weighted by Crippen LogP contribution is -2.66. The smallest absolute Gasteiger partial charge is 0.303 e. The normalized spacial score (nSPS) is 41.7. The molecule has 0 aromatic rings. The van der Waals surface area contributed by atoms with Gasteiger partial charge < -0.3 is 137 Å². The Bertz CT molecular complexity index is 2550. The second-order valence-corrected chi connectivity index (χ2v) is 24.4. The molecule has 6 aliphatic heterocycles. The molecule has 0 saturated carbocycles. The van der Waals surface area contributed by atoms with Gasteiger partial charge in [-0.3, -0.25) is 24.0 Å². The highest BCUT2D eigenvalue weighted by Gasteiger charge is 2.57. The third-order valence-corrected chi connectivity index (χ3v) is 16.6. The molecule has 6 aliphatic rings. The highest BCUT2D eigenvalue weighted by molar-refractivity contribution is 5.68. The fraction of sp³-hybridized carbons (Fsp3) is 0.820. The molecule has 30 atom stereocenters. The van der Waals surface area contributed by atoms with Crippen LogP contribution < -0.4 is 0 Å². The molecule has 0 bridgehead atoms. The van der Waals surface area contributed by atoms with E-state index in [0.29, 0.717) is 25.7 Å². The van der Waals surface area contributed by atoms with Crippen LogP contribution in [-0.2, 0) is 104 Å². The SMILES string of the molecule is CC(=O)OCC1OC(OCC=C(C)CCC=C(C)CCC=C(C)COC2OC(COC(C)=O)C(O)C(OC3OC(C)C(OC4OC(C)C(O)C(OC(C)=O)C4OC(C)=O)C(O)C3O)C2O)C(O)C(OC2OC(C)C(OC3OC(C)C(O)C(O)C3OC(C)=O)C(O)C2O)C1O. The molecule has 6 rings (SSSR count). The van der Waals surface area contributed by atoms with E-state index in [1.807, 2.05) is 19.9 Å². The topological polar surface area (TPSA) is 465 Å². The van der Waals surface area contributed by atoms with Crippen molar-refractivity contribution in [2.45, 2.75) is 293 Å². The summed E-state index contributed by atoms with van der Waals surface area (Å²) < 4.78 is 96.6. The first-order valence-corrected chi connectivity index (χ1v) is 31.2. The maximum Gasteiger partial charge on any atom is 0.303 e. The summed E-state index contributed by atoms with van der Waals surface area (Å²) in [5, 5.41) is 123. The van der Waals surface area contributed by atoms with Gasteiger partial charge in [0.25, 0.3) is 0 Å². The first kappa shape index (κ1) is 78.6. The monoisotopic (exact) mass is 1360 g/mol. The Morgan fingerprint density at radius 3 is 1.16 bits per heavy atom. The highest BCUT2D eigenvalue weighted by Crippen LogP contribution is 2.37. The predicted molar refractivity (Wildman–Crippen MR) is 312 cm³/mol. The van der Waals surface area contributed by atoms with Crippen LogP contribution in [0.1, 0.15) is 109 Å². The van der Waals surface area contributed by atoms with Crippen LogP contribution in [0.4, 0.5) is 0 Å². The molecule has 6 heterocycles. The van der Waals surface area contributed by atoms with Crippen molar-refractivity contribution in [2.24, 2.45) is 0 Å². The van der Waals surface area contributed by atoms with Crippen molar-refractivity contribution in [3.63, 3.8) is 0 Å². The number of ether oxygens (including phenoxy) is 17. The molecule has 0 amide bonds. The summed E-state index contributed by atoms with van der Waals surface area (Å²) in [6.45, 7) is 15.7. The third-order valence-electron chi connectivity index (χ3n) is 16.6. The van der Waals surface area contributed by atoms with Gasteiger partial charge >= 0.3 is 29.8 Å². The van der Waals surface area contributed by atoms with Crippen molar-refractivity contribution in [1.29, 1.82) is 0 Å². The minimum atomic E-state index is -1.92. The zero-order valence-corrected chi connectivity index (χ0v) is 54.6. The van der Waals surface area contributed by atoms with Crippen LogP contribution in [0.25, 0.3) is 0 Å². The molecule has 33 heteroatoms. The van der Waals surface area contributed by atoms with Crippen molar-refractivity contribution in [2.75, 3.05) is 26.4 Å². The quantitative estimate of drug-likeness (QED) is 0.0226. The van der Waals surface area contributed by atoms with Crippen molar-refractivity contribution < 1.29 is 161 Å². The number of hydrogen-bond acceptors (Lipinski definition) is 33. The lowest BCUT2D eigenvalue weighted by molar-refractivity contribution is -0.375. The molecule has 33 nitrogen and oxygen atoms in total. The van der Waals surface area contributed by atoms with Crippen molar-refractivity contribution in [3.05, 3.63) is 34.9 Å². The maximum absolute atomic E-state index is 12.1. The minimum Gasteiger partial charge on any atom is -0.463 e. The molecular formula is C61H96O33. The summed E-state index contributed by atoms with van der Waals surface area (Å²) in [6.07, 6.45) is -37.6. The molecule has 0 radical (unpaired) electrons. The predicted octanol–water partition coefficient (Wildman–Crippen LogP) is -2.72. The van der Waals surface area contributed by atoms with Gasteiger partial charge in [0.15, 0.2) is 56.1 Å². The van der Waals surface area contributed by atoms with Crippen LogP contribution in [-0.4, -0.2) is 297 Å². The number of aliphatic hydroxyl groups is 11. The molecule has 538 valence electrons. The second kappa shape index (κ2) is 35.9. The molecule has 30 unspecified atom stereocenters. The molecule has 94 heavy (non-hydrogen) atoms. The summed E-state index contributed by atoms with van der Waals surface area (Å²) >= 11 is 0. The van der Waals surface area contributed by atoms with E-state index in [-0.39, 0.29) is 13.2 Å². The average Bonchev–Trinajstić information content (AvgIpc) is 0.790. The first-order chi connectivity index (χ1) is 44.2. The Labute approximate surface area is 543 Å². The Morgan fingerprint density at radius 2 is 0.702 bits per heavy atom. The lowest BCUT2D eigenvalue weighted by atomic mass is 9.96. The van der Waals surface area contributed by atoms with Gasteiger partial charge in [-0.05, 0) is 74.1 Å². The standard InChI is InChI=1S/C61H96O33/c1-24(15-13-17-25(2)19-20-78-56-47(76)51(40(69)36(89-56)22-79-31(8)62)93-58-45(74)43(72)49(29(6)84-58)91-60-54(87-34(11)65)42(71)38(67)27(4)82-60)16-14-18-26(3)21-81-57-48(77)52(41(70)37(90-57)23-80-32(9)63)94-59-46(75)44(73)50(30(7)85-59)92-61-55(88-35(12)66)53(86-33(10)64)39(68)28(5)83-61/h15,18-19,27-30,36-61,67-77H,13-14,16-17,20-23H2,1-12H3. The van der Waals surface area contributed by atoms with E-state index in [1.165, 1.54) is 27.7 Å². The largest absolute Gasteiger partial charge is 0.463 e. The average molecular weight is 1360 g/mol. The van der Waals surface area contributed by atoms with E-state index in [4.69, 9.17) is 80.5 Å². The molecule has 0 aromatic heterocycles. The zero-order valence-electron chi connectivity index (χ0n) is 54.6. The van der Waals surface area contributed by atoms with Gasteiger partial charge in [0.1, 0.15) is 117 Å². The van der Waals surface area contributed by atoms with Crippen LogP contribution in [0.3, 0.4) is 0 Å². The molecular weight excluding hydrogens is 1260 g/mol. The first-order valence-electron chi connectivity index (χ1n) is 31.2. The number of carbonyl (C=O) groups is 5. The molecule has 0 spiro atoms. The zero-order chi connectivity index (χ0) is 69.7. The number of hydrogen-bond donors (Lipinski definition) is 11. The van der Waals surface area contributed by atoms with Crippen LogP contribution >= 0.6 is 0 Å². The van der Waals surface area contributed by atoms with Gasteiger partial charge in [-0.2, -0.15) is 0 Å². The van der Waals surface area contributed by atoms with E-state index in [9.17, 15) is 80.1 Å². The van der Waals surface area contributed by atoms with Gasteiger partial charge in [0, 0.05) is 34.6 Å². The fourth-order valence-electron chi connectivity index (χ4n) is 11.3. The molecule has 11 N–H and O–H groups in total. The highest BCUT2D eigenvalue weighted by atomic mass is 16.8. The summed E-state index contributed by atoms with van der Waals surface area (Å²) in [4.78, 5) is 59.5.